The standard InChI is InChI=1S/C23H28N2O2/c1-17-8-10-19(11-9-17)16-27-23-21(14-25(3)24-18(2)15-26)13-12-20-6-4-5-7-22(20)23/h4-13,18,24,26H,14-16H2,1-3H3. The first kappa shape index (κ1) is 19.4. The smallest absolute Gasteiger partial charge is 0.132 e. The second-order valence-electron chi connectivity index (χ2n) is 7.12. The molecule has 0 saturated carbocycles. The molecule has 3 rings (SSSR count). The third-order valence-corrected chi connectivity index (χ3v) is 4.59. The minimum absolute atomic E-state index is 0.00684. The molecule has 0 aromatic heterocycles. The molecule has 3 aromatic carbocycles. The van der Waals surface area contributed by atoms with Gasteiger partial charge in [0.05, 0.1) is 6.61 Å². The number of aryl methyl sites for hydroxylation is 1. The first-order valence-electron chi connectivity index (χ1n) is 9.34. The number of hydrogen-bond donors (Lipinski definition) is 2. The van der Waals surface area contributed by atoms with Gasteiger partial charge in [0.25, 0.3) is 0 Å². The van der Waals surface area contributed by atoms with E-state index < -0.39 is 0 Å². The van der Waals surface area contributed by atoms with Crippen molar-refractivity contribution in [3.63, 3.8) is 0 Å². The van der Waals surface area contributed by atoms with E-state index in [9.17, 15) is 5.11 Å². The van der Waals surface area contributed by atoms with Crippen LogP contribution < -0.4 is 10.2 Å². The van der Waals surface area contributed by atoms with Crippen LogP contribution in [0.4, 0.5) is 0 Å². The predicted octanol–water partition coefficient (Wildman–Crippen LogP) is 4.04. The summed E-state index contributed by atoms with van der Waals surface area (Å²) in [6.45, 7) is 5.35. The van der Waals surface area contributed by atoms with Crippen molar-refractivity contribution in [2.75, 3.05) is 13.7 Å². The first-order valence-corrected chi connectivity index (χ1v) is 9.34. The van der Waals surface area contributed by atoms with Crippen molar-refractivity contribution in [1.29, 1.82) is 0 Å². The van der Waals surface area contributed by atoms with Crippen LogP contribution in [-0.4, -0.2) is 29.8 Å². The summed E-state index contributed by atoms with van der Waals surface area (Å²) in [7, 11) is 1.98. The second kappa shape index (κ2) is 9.00. The zero-order chi connectivity index (χ0) is 19.2. The third-order valence-electron chi connectivity index (χ3n) is 4.59. The van der Waals surface area contributed by atoms with Crippen molar-refractivity contribution in [2.24, 2.45) is 0 Å². The summed E-state index contributed by atoms with van der Waals surface area (Å²) in [5.41, 5.74) is 6.77. The van der Waals surface area contributed by atoms with Crippen molar-refractivity contribution in [3.8, 4) is 5.75 Å². The average Bonchev–Trinajstić information content (AvgIpc) is 2.68. The number of rotatable bonds is 8. The van der Waals surface area contributed by atoms with Gasteiger partial charge in [-0.1, -0.05) is 66.2 Å². The molecular weight excluding hydrogens is 336 g/mol. The second-order valence-corrected chi connectivity index (χ2v) is 7.12. The van der Waals surface area contributed by atoms with Crippen LogP contribution in [0.15, 0.2) is 60.7 Å². The van der Waals surface area contributed by atoms with Crippen LogP contribution in [0.2, 0.25) is 0 Å². The molecule has 0 radical (unpaired) electrons. The highest BCUT2D eigenvalue weighted by Gasteiger charge is 2.12. The first-order chi connectivity index (χ1) is 13.1. The van der Waals surface area contributed by atoms with Crippen LogP contribution in [0.5, 0.6) is 5.75 Å². The van der Waals surface area contributed by atoms with Gasteiger partial charge in [-0.3, -0.25) is 5.43 Å². The predicted molar refractivity (Wildman–Crippen MR) is 111 cm³/mol. The summed E-state index contributed by atoms with van der Waals surface area (Å²) in [6.07, 6.45) is 0. The fourth-order valence-corrected chi connectivity index (χ4v) is 3.14. The van der Waals surface area contributed by atoms with Crippen molar-refractivity contribution in [3.05, 3.63) is 77.4 Å². The number of aliphatic hydroxyl groups excluding tert-OH is 1. The van der Waals surface area contributed by atoms with E-state index in [0.29, 0.717) is 13.2 Å². The Morgan fingerprint density at radius 2 is 1.78 bits per heavy atom. The van der Waals surface area contributed by atoms with E-state index in [1.807, 2.05) is 31.1 Å². The van der Waals surface area contributed by atoms with E-state index >= 15 is 0 Å². The Labute approximate surface area is 161 Å². The van der Waals surface area contributed by atoms with Gasteiger partial charge in [-0.2, -0.15) is 0 Å². The molecule has 0 aliphatic carbocycles. The minimum atomic E-state index is 0.00684. The van der Waals surface area contributed by atoms with Crippen molar-refractivity contribution in [2.45, 2.75) is 33.0 Å². The van der Waals surface area contributed by atoms with Gasteiger partial charge >= 0.3 is 0 Å². The van der Waals surface area contributed by atoms with Crippen LogP contribution in [0, 0.1) is 6.92 Å². The van der Waals surface area contributed by atoms with Gasteiger partial charge < -0.3 is 9.84 Å². The molecule has 3 aromatic rings. The van der Waals surface area contributed by atoms with E-state index in [1.54, 1.807) is 0 Å². The Hall–Kier alpha value is -2.40. The lowest BCUT2D eigenvalue weighted by Gasteiger charge is -2.24. The molecule has 4 nitrogen and oxygen atoms in total. The molecule has 0 spiro atoms. The number of hydrogen-bond acceptors (Lipinski definition) is 4. The minimum Gasteiger partial charge on any atom is -0.488 e. The molecular formula is C23H28N2O2. The fraction of sp³-hybridized carbons (Fsp3) is 0.304. The van der Waals surface area contributed by atoms with E-state index in [2.05, 4.69) is 60.9 Å². The fourth-order valence-electron chi connectivity index (χ4n) is 3.14. The molecule has 4 heteroatoms. The van der Waals surface area contributed by atoms with E-state index in [1.165, 1.54) is 10.9 Å². The van der Waals surface area contributed by atoms with Crippen molar-refractivity contribution in [1.82, 2.24) is 10.4 Å². The Bertz CT molecular complexity index is 877. The highest BCUT2D eigenvalue weighted by molar-refractivity contribution is 5.89. The molecule has 0 heterocycles. The molecule has 1 atom stereocenters. The Kier molecular flexibility index (Phi) is 6.45. The number of fused-ring (bicyclic) bond motifs is 1. The molecule has 0 fully saturated rings. The Morgan fingerprint density at radius 1 is 1.04 bits per heavy atom. The van der Waals surface area contributed by atoms with Gasteiger partial charge in [-0.15, -0.1) is 0 Å². The lowest BCUT2D eigenvalue weighted by atomic mass is 10.0. The maximum atomic E-state index is 9.26. The number of ether oxygens (including phenoxy) is 1. The maximum Gasteiger partial charge on any atom is 0.132 e. The summed E-state index contributed by atoms with van der Waals surface area (Å²) in [5.74, 6) is 0.916. The summed E-state index contributed by atoms with van der Waals surface area (Å²) in [4.78, 5) is 0. The lowest BCUT2D eigenvalue weighted by molar-refractivity contribution is 0.147. The van der Waals surface area contributed by atoms with E-state index in [4.69, 9.17) is 4.74 Å². The molecule has 0 aliphatic heterocycles. The number of benzene rings is 3. The van der Waals surface area contributed by atoms with Gasteiger partial charge in [-0.25, -0.2) is 5.01 Å². The topological polar surface area (TPSA) is 44.7 Å². The summed E-state index contributed by atoms with van der Waals surface area (Å²) in [6, 6.07) is 21.0. The van der Waals surface area contributed by atoms with Crippen LogP contribution in [0.3, 0.4) is 0 Å². The molecule has 142 valence electrons. The van der Waals surface area contributed by atoms with Gasteiger partial charge in [0.1, 0.15) is 12.4 Å². The van der Waals surface area contributed by atoms with Crippen LogP contribution in [0.1, 0.15) is 23.6 Å². The quantitative estimate of drug-likeness (QED) is 0.592. The summed E-state index contributed by atoms with van der Waals surface area (Å²) < 4.78 is 6.30. The Morgan fingerprint density at radius 3 is 2.52 bits per heavy atom. The molecule has 0 saturated heterocycles. The van der Waals surface area contributed by atoms with Gasteiger partial charge in [-0.05, 0) is 24.8 Å². The number of aliphatic hydroxyl groups is 1. The van der Waals surface area contributed by atoms with Gasteiger partial charge in [0.2, 0.25) is 0 Å². The van der Waals surface area contributed by atoms with E-state index in [0.717, 1.165) is 22.3 Å². The number of nitrogens with one attached hydrogen (secondary N) is 1. The van der Waals surface area contributed by atoms with Crippen molar-refractivity contribution >= 4 is 10.8 Å². The summed E-state index contributed by atoms with van der Waals surface area (Å²) >= 11 is 0. The zero-order valence-electron chi connectivity index (χ0n) is 16.3. The zero-order valence-corrected chi connectivity index (χ0v) is 16.3. The Balaban J connectivity index is 1.86. The van der Waals surface area contributed by atoms with Crippen LogP contribution in [-0.2, 0) is 13.2 Å². The molecule has 0 amide bonds. The van der Waals surface area contributed by atoms with Crippen LogP contribution in [0.25, 0.3) is 10.8 Å². The van der Waals surface area contributed by atoms with Crippen molar-refractivity contribution < 1.29 is 9.84 Å². The molecule has 27 heavy (non-hydrogen) atoms. The van der Waals surface area contributed by atoms with E-state index in [-0.39, 0.29) is 12.6 Å². The molecule has 1 unspecified atom stereocenters. The maximum absolute atomic E-state index is 9.26. The molecule has 2 N–H and O–H groups in total. The normalized spacial score (nSPS) is 12.5. The largest absolute Gasteiger partial charge is 0.488 e. The third kappa shape index (κ3) is 5.07. The lowest BCUT2D eigenvalue weighted by Crippen LogP contribution is -2.42. The number of hydrazine groups is 1. The van der Waals surface area contributed by atoms with Gasteiger partial charge in [0, 0.05) is 30.6 Å². The summed E-state index contributed by atoms with van der Waals surface area (Å²) in [5, 5.41) is 13.5. The van der Waals surface area contributed by atoms with Gasteiger partial charge in [0.15, 0.2) is 0 Å². The average molecular weight is 364 g/mol. The monoisotopic (exact) mass is 364 g/mol. The van der Waals surface area contributed by atoms with Crippen LogP contribution >= 0.6 is 0 Å². The molecule has 0 aliphatic rings. The number of nitrogens with zero attached hydrogens (tertiary/aromatic N) is 1. The molecule has 0 bridgehead atoms. The highest BCUT2D eigenvalue weighted by atomic mass is 16.5. The SMILES string of the molecule is Cc1ccc(COc2c(CN(C)NC(C)CO)ccc3ccccc23)cc1. The highest BCUT2D eigenvalue weighted by Crippen LogP contribution is 2.31.